The van der Waals surface area contributed by atoms with Crippen molar-refractivity contribution in [3.8, 4) is 11.4 Å². The van der Waals surface area contributed by atoms with E-state index in [4.69, 9.17) is 12.2 Å². The highest BCUT2D eigenvalue weighted by Crippen LogP contribution is 2.17. The lowest BCUT2D eigenvalue weighted by Crippen LogP contribution is -2.33. The van der Waals surface area contributed by atoms with E-state index < -0.39 is 0 Å². The second-order valence-corrected chi connectivity index (χ2v) is 4.73. The standard InChI is InChI=1S/C13H19N7S/c1-3-15-11-8-9(4-6-16-11)12-18-10(19-20-12)5-7-17-13(21)14-2/h4,6,8H,3,5,7H2,1-2H3,(H,15,16)(H2,14,17,21)(H,18,19,20). The van der Waals surface area contributed by atoms with Crippen LogP contribution in [0.3, 0.4) is 0 Å². The van der Waals surface area contributed by atoms with Crippen LogP contribution in [-0.2, 0) is 6.42 Å². The SMILES string of the molecule is CCNc1cc(-c2n[nH]c(CCNC(=S)NC)n2)ccn1. The van der Waals surface area contributed by atoms with Crippen molar-refractivity contribution in [3.63, 3.8) is 0 Å². The highest BCUT2D eigenvalue weighted by Gasteiger charge is 2.07. The van der Waals surface area contributed by atoms with Crippen molar-refractivity contribution in [2.75, 3.05) is 25.5 Å². The van der Waals surface area contributed by atoms with Crippen molar-refractivity contribution >= 4 is 23.1 Å². The Morgan fingerprint density at radius 1 is 1.43 bits per heavy atom. The summed E-state index contributed by atoms with van der Waals surface area (Å²) in [6.07, 6.45) is 2.47. The van der Waals surface area contributed by atoms with Gasteiger partial charge in [-0.2, -0.15) is 5.10 Å². The van der Waals surface area contributed by atoms with Gasteiger partial charge in [0.15, 0.2) is 10.9 Å². The third-order valence-electron chi connectivity index (χ3n) is 2.78. The number of thiocarbonyl (C=S) groups is 1. The molecule has 0 aliphatic heterocycles. The van der Waals surface area contributed by atoms with Crippen LogP contribution >= 0.6 is 12.2 Å². The molecule has 112 valence electrons. The van der Waals surface area contributed by atoms with Crippen LogP contribution in [0.1, 0.15) is 12.7 Å². The van der Waals surface area contributed by atoms with Crippen LogP contribution in [-0.4, -0.2) is 45.4 Å². The maximum atomic E-state index is 5.01. The van der Waals surface area contributed by atoms with E-state index in [0.717, 1.165) is 30.2 Å². The smallest absolute Gasteiger partial charge is 0.181 e. The van der Waals surface area contributed by atoms with Gasteiger partial charge in [0.25, 0.3) is 0 Å². The molecular formula is C13H19N7S. The monoisotopic (exact) mass is 305 g/mol. The van der Waals surface area contributed by atoms with Gasteiger partial charge in [-0.3, -0.25) is 5.10 Å². The van der Waals surface area contributed by atoms with Crippen LogP contribution in [0.25, 0.3) is 11.4 Å². The Labute approximate surface area is 129 Å². The van der Waals surface area contributed by atoms with Gasteiger partial charge in [0, 0.05) is 38.3 Å². The van der Waals surface area contributed by atoms with E-state index in [9.17, 15) is 0 Å². The van der Waals surface area contributed by atoms with E-state index in [2.05, 4.69) is 36.1 Å². The molecule has 0 atom stereocenters. The highest BCUT2D eigenvalue weighted by atomic mass is 32.1. The van der Waals surface area contributed by atoms with Gasteiger partial charge in [0.2, 0.25) is 0 Å². The summed E-state index contributed by atoms with van der Waals surface area (Å²) >= 11 is 5.01. The highest BCUT2D eigenvalue weighted by molar-refractivity contribution is 7.80. The van der Waals surface area contributed by atoms with Crippen LogP contribution < -0.4 is 16.0 Å². The number of rotatable bonds is 6. The predicted octanol–water partition coefficient (Wildman–Crippen LogP) is 0.935. The lowest BCUT2D eigenvalue weighted by atomic mass is 10.2. The number of aromatic amines is 1. The summed E-state index contributed by atoms with van der Waals surface area (Å²) in [4.78, 5) is 8.71. The first-order chi connectivity index (χ1) is 10.2. The number of hydrogen-bond donors (Lipinski definition) is 4. The molecule has 0 amide bonds. The molecule has 2 aromatic rings. The number of nitrogens with one attached hydrogen (secondary N) is 4. The van der Waals surface area contributed by atoms with Crippen molar-refractivity contribution in [2.24, 2.45) is 0 Å². The van der Waals surface area contributed by atoms with E-state index in [1.54, 1.807) is 13.2 Å². The fourth-order valence-corrected chi connectivity index (χ4v) is 1.87. The fourth-order valence-electron chi connectivity index (χ4n) is 1.77. The Kier molecular flexibility index (Phi) is 5.44. The van der Waals surface area contributed by atoms with E-state index in [1.807, 2.05) is 19.1 Å². The lowest BCUT2D eigenvalue weighted by molar-refractivity contribution is 0.804. The summed E-state index contributed by atoms with van der Waals surface area (Å²) in [6.45, 7) is 3.56. The summed E-state index contributed by atoms with van der Waals surface area (Å²) in [5.74, 6) is 2.31. The van der Waals surface area contributed by atoms with Gasteiger partial charge in [-0.1, -0.05) is 0 Å². The van der Waals surface area contributed by atoms with Crippen LogP contribution in [0.5, 0.6) is 0 Å². The molecule has 21 heavy (non-hydrogen) atoms. The molecule has 0 saturated heterocycles. The molecule has 0 saturated carbocycles. The van der Waals surface area contributed by atoms with Gasteiger partial charge >= 0.3 is 0 Å². The number of aromatic nitrogens is 4. The first-order valence-corrected chi connectivity index (χ1v) is 7.21. The van der Waals surface area contributed by atoms with Gasteiger partial charge in [0.05, 0.1) is 0 Å². The van der Waals surface area contributed by atoms with Crippen molar-refractivity contribution in [2.45, 2.75) is 13.3 Å². The average molecular weight is 305 g/mol. The van der Waals surface area contributed by atoms with Gasteiger partial charge in [0.1, 0.15) is 11.6 Å². The van der Waals surface area contributed by atoms with Crippen LogP contribution in [0, 0.1) is 0 Å². The first kappa shape index (κ1) is 15.2. The number of anilines is 1. The molecule has 0 bridgehead atoms. The van der Waals surface area contributed by atoms with Crippen molar-refractivity contribution < 1.29 is 0 Å². The Balaban J connectivity index is 1.99. The molecule has 0 aromatic carbocycles. The predicted molar refractivity (Wildman–Crippen MR) is 87.1 cm³/mol. The topological polar surface area (TPSA) is 90.5 Å². The third-order valence-corrected chi connectivity index (χ3v) is 3.13. The minimum Gasteiger partial charge on any atom is -0.370 e. The molecule has 4 N–H and O–H groups in total. The zero-order valence-corrected chi connectivity index (χ0v) is 12.9. The molecule has 2 rings (SSSR count). The number of H-pyrrole nitrogens is 1. The summed E-state index contributed by atoms with van der Waals surface area (Å²) in [6, 6.07) is 3.83. The lowest BCUT2D eigenvalue weighted by Gasteiger charge is -2.04. The first-order valence-electron chi connectivity index (χ1n) is 6.80. The number of nitrogens with zero attached hydrogens (tertiary/aromatic N) is 3. The Hall–Kier alpha value is -2.22. The molecule has 7 nitrogen and oxygen atoms in total. The van der Waals surface area contributed by atoms with E-state index >= 15 is 0 Å². The summed E-state index contributed by atoms with van der Waals surface area (Å²) in [5.41, 5.74) is 0.933. The van der Waals surface area contributed by atoms with Crippen LogP contribution in [0.2, 0.25) is 0 Å². The van der Waals surface area contributed by atoms with Gasteiger partial charge in [-0.15, -0.1) is 0 Å². The zero-order chi connectivity index (χ0) is 15.1. The zero-order valence-electron chi connectivity index (χ0n) is 12.1. The minimum absolute atomic E-state index is 0.624. The minimum atomic E-state index is 0.624. The molecule has 0 spiro atoms. The molecule has 0 unspecified atom stereocenters. The molecule has 8 heteroatoms. The second kappa shape index (κ2) is 7.53. The quantitative estimate of drug-likeness (QED) is 0.590. The van der Waals surface area contributed by atoms with E-state index in [0.29, 0.717) is 17.5 Å². The average Bonchev–Trinajstić information content (AvgIpc) is 2.96. The fraction of sp³-hybridized carbons (Fsp3) is 0.385. The Bertz CT molecular complexity index is 596. The molecule has 2 heterocycles. The summed E-state index contributed by atoms with van der Waals surface area (Å²) in [7, 11) is 1.78. The third kappa shape index (κ3) is 4.38. The summed E-state index contributed by atoms with van der Waals surface area (Å²) < 4.78 is 0. The molecule has 0 aliphatic rings. The maximum absolute atomic E-state index is 5.01. The second-order valence-electron chi connectivity index (χ2n) is 4.32. The molecule has 0 radical (unpaired) electrons. The van der Waals surface area contributed by atoms with Crippen LogP contribution in [0.15, 0.2) is 18.3 Å². The Morgan fingerprint density at radius 2 is 2.29 bits per heavy atom. The molecular weight excluding hydrogens is 286 g/mol. The molecule has 2 aromatic heterocycles. The largest absolute Gasteiger partial charge is 0.370 e. The van der Waals surface area contributed by atoms with E-state index in [1.165, 1.54) is 0 Å². The van der Waals surface area contributed by atoms with Crippen molar-refractivity contribution in [1.82, 2.24) is 30.8 Å². The molecule has 0 aliphatic carbocycles. The molecule has 0 fully saturated rings. The van der Waals surface area contributed by atoms with Gasteiger partial charge in [-0.05, 0) is 31.3 Å². The van der Waals surface area contributed by atoms with E-state index in [-0.39, 0.29) is 0 Å². The Morgan fingerprint density at radius 3 is 3.05 bits per heavy atom. The maximum Gasteiger partial charge on any atom is 0.181 e. The van der Waals surface area contributed by atoms with Crippen LogP contribution in [0.4, 0.5) is 5.82 Å². The normalized spacial score (nSPS) is 10.2. The van der Waals surface area contributed by atoms with Crippen molar-refractivity contribution in [3.05, 3.63) is 24.2 Å². The van der Waals surface area contributed by atoms with Crippen molar-refractivity contribution in [1.29, 1.82) is 0 Å². The summed E-state index contributed by atoms with van der Waals surface area (Å²) in [5, 5.41) is 16.9. The van der Waals surface area contributed by atoms with Gasteiger partial charge < -0.3 is 16.0 Å². The number of hydrogen-bond acceptors (Lipinski definition) is 5. The number of pyridine rings is 1. The van der Waals surface area contributed by atoms with Gasteiger partial charge in [-0.25, -0.2) is 9.97 Å².